The number of aliphatic carboxylic acids is 2. The third kappa shape index (κ3) is 1.89. The first kappa shape index (κ1) is 12.9. The first-order chi connectivity index (χ1) is 7.31. The minimum Gasteiger partial charge on any atom is -0.479 e. The van der Waals surface area contributed by atoms with Crippen molar-refractivity contribution in [2.45, 2.75) is 37.6 Å². The molecule has 0 aromatic heterocycles. The number of rotatable bonds is 4. The number of hydrogen-bond acceptors (Lipinski definition) is 5. The fourth-order valence-electron chi connectivity index (χ4n) is 2.01. The molecule has 0 saturated carbocycles. The molecule has 4 N–H and O–H groups in total. The van der Waals surface area contributed by atoms with Gasteiger partial charge >= 0.3 is 11.9 Å². The van der Waals surface area contributed by atoms with Crippen molar-refractivity contribution in [1.82, 2.24) is 4.90 Å². The Kier molecular flexibility index (Phi) is 3.51. The van der Waals surface area contributed by atoms with Crippen LogP contribution in [0.4, 0.5) is 0 Å². The zero-order valence-corrected chi connectivity index (χ0v) is 8.83. The number of carboxylic acids is 2. The Labute approximate surface area is 91.9 Å². The molecular weight excluding hydrogens is 218 g/mol. The highest BCUT2D eigenvalue weighted by atomic mass is 16.5. The number of hydrogen-bond donors (Lipinski definition) is 4. The van der Waals surface area contributed by atoms with Crippen LogP contribution in [0.3, 0.4) is 0 Å². The molecular formula is C9H15NO6. The van der Waals surface area contributed by atoms with Gasteiger partial charge in [-0.2, -0.15) is 0 Å². The molecule has 1 fully saturated rings. The van der Waals surface area contributed by atoms with E-state index in [1.807, 2.05) is 0 Å². The summed E-state index contributed by atoms with van der Waals surface area (Å²) in [6, 6.07) is -0.282. The Hall–Kier alpha value is -1.18. The minimum atomic E-state index is -2.76. The van der Waals surface area contributed by atoms with Crippen LogP contribution in [0.5, 0.6) is 0 Å². The van der Waals surface area contributed by atoms with Crippen molar-refractivity contribution in [2.24, 2.45) is 0 Å². The van der Waals surface area contributed by atoms with E-state index in [1.54, 1.807) is 6.92 Å². The van der Waals surface area contributed by atoms with Gasteiger partial charge in [0, 0.05) is 12.6 Å². The molecule has 7 heteroatoms. The molecule has 1 heterocycles. The highest BCUT2D eigenvalue weighted by Gasteiger charge is 2.54. The van der Waals surface area contributed by atoms with E-state index < -0.39 is 23.8 Å². The summed E-state index contributed by atoms with van der Waals surface area (Å²) in [5.41, 5.74) is -2.76. The molecule has 0 aromatic rings. The lowest BCUT2D eigenvalue weighted by Gasteiger charge is -2.37. The zero-order valence-electron chi connectivity index (χ0n) is 8.83. The van der Waals surface area contributed by atoms with Crippen LogP contribution in [0.1, 0.15) is 19.8 Å². The SMILES string of the molecule is C[C@@H]1CCCN1C(O)(C(=O)O)C(O)C(=O)O. The molecule has 0 radical (unpaired) electrons. The minimum absolute atomic E-state index is 0.244. The van der Waals surface area contributed by atoms with Crippen LogP contribution in [0.15, 0.2) is 0 Å². The second kappa shape index (κ2) is 4.36. The summed E-state index contributed by atoms with van der Waals surface area (Å²) in [6.07, 6.45) is -1.06. The van der Waals surface area contributed by atoms with Crippen LogP contribution >= 0.6 is 0 Å². The Morgan fingerprint density at radius 3 is 2.31 bits per heavy atom. The van der Waals surface area contributed by atoms with Crippen LogP contribution in [0.25, 0.3) is 0 Å². The lowest BCUT2D eigenvalue weighted by molar-refractivity contribution is -0.216. The van der Waals surface area contributed by atoms with Gasteiger partial charge in [-0.05, 0) is 19.8 Å². The summed E-state index contributed by atoms with van der Waals surface area (Å²) < 4.78 is 0. The molecule has 1 rings (SSSR count). The van der Waals surface area contributed by atoms with E-state index in [2.05, 4.69) is 0 Å². The van der Waals surface area contributed by atoms with E-state index in [1.165, 1.54) is 0 Å². The van der Waals surface area contributed by atoms with E-state index in [-0.39, 0.29) is 12.6 Å². The summed E-state index contributed by atoms with van der Waals surface area (Å²) in [7, 11) is 0. The first-order valence-corrected chi connectivity index (χ1v) is 4.95. The number of nitrogens with zero attached hydrogens (tertiary/aromatic N) is 1. The van der Waals surface area contributed by atoms with Crippen LogP contribution in [-0.4, -0.2) is 61.7 Å². The maximum atomic E-state index is 11.0. The van der Waals surface area contributed by atoms with Gasteiger partial charge in [0.2, 0.25) is 6.10 Å². The van der Waals surface area contributed by atoms with Crippen molar-refractivity contribution in [3.05, 3.63) is 0 Å². The lowest BCUT2D eigenvalue weighted by atomic mass is 10.0. The maximum Gasteiger partial charge on any atom is 0.355 e. The molecule has 0 amide bonds. The Bertz CT molecular complexity index is 306. The molecule has 3 atom stereocenters. The van der Waals surface area contributed by atoms with Gasteiger partial charge in [-0.1, -0.05) is 0 Å². The fraction of sp³-hybridized carbons (Fsp3) is 0.778. The molecule has 1 saturated heterocycles. The highest BCUT2D eigenvalue weighted by Crippen LogP contribution is 2.28. The van der Waals surface area contributed by atoms with Gasteiger partial charge in [-0.15, -0.1) is 0 Å². The molecule has 1 aliphatic rings. The standard InChI is InChI=1S/C9H15NO6/c1-5-3-2-4-10(5)9(16,8(14)15)6(11)7(12)13/h5-6,11,16H,2-4H2,1H3,(H,12,13)(H,14,15)/t5-,6?,9?/m1/s1. The Morgan fingerprint density at radius 2 is 2.00 bits per heavy atom. The van der Waals surface area contributed by atoms with Crippen molar-refractivity contribution in [3.8, 4) is 0 Å². The molecule has 92 valence electrons. The van der Waals surface area contributed by atoms with E-state index in [4.69, 9.17) is 10.2 Å². The van der Waals surface area contributed by atoms with Crippen molar-refractivity contribution < 1.29 is 30.0 Å². The van der Waals surface area contributed by atoms with Gasteiger partial charge in [-0.3, -0.25) is 4.90 Å². The van der Waals surface area contributed by atoms with Crippen molar-refractivity contribution >= 4 is 11.9 Å². The van der Waals surface area contributed by atoms with E-state index >= 15 is 0 Å². The molecule has 16 heavy (non-hydrogen) atoms. The monoisotopic (exact) mass is 233 g/mol. The highest BCUT2D eigenvalue weighted by molar-refractivity contribution is 5.86. The van der Waals surface area contributed by atoms with Gasteiger partial charge < -0.3 is 20.4 Å². The molecule has 0 aliphatic carbocycles. The molecule has 2 unspecified atom stereocenters. The summed E-state index contributed by atoms with van der Waals surface area (Å²) in [6.45, 7) is 1.92. The number of aliphatic hydroxyl groups is 2. The van der Waals surface area contributed by atoms with Crippen molar-refractivity contribution in [3.63, 3.8) is 0 Å². The van der Waals surface area contributed by atoms with E-state index in [0.29, 0.717) is 12.8 Å². The zero-order chi connectivity index (χ0) is 12.5. The predicted octanol–water partition coefficient (Wildman–Crippen LogP) is -1.31. The van der Waals surface area contributed by atoms with Crippen LogP contribution < -0.4 is 0 Å². The quantitative estimate of drug-likeness (QED) is 0.476. The number of carbonyl (C=O) groups is 2. The number of aliphatic hydroxyl groups excluding tert-OH is 1. The second-order valence-corrected chi connectivity index (χ2v) is 3.96. The summed E-state index contributed by atoms with van der Waals surface area (Å²) in [5, 5.41) is 36.7. The molecule has 7 nitrogen and oxygen atoms in total. The van der Waals surface area contributed by atoms with Crippen LogP contribution in [0.2, 0.25) is 0 Å². The van der Waals surface area contributed by atoms with Crippen LogP contribution in [-0.2, 0) is 9.59 Å². The topological polar surface area (TPSA) is 118 Å². The summed E-state index contributed by atoms with van der Waals surface area (Å²) in [5.74, 6) is -3.51. The van der Waals surface area contributed by atoms with Crippen molar-refractivity contribution in [1.29, 1.82) is 0 Å². The lowest BCUT2D eigenvalue weighted by Crippen LogP contribution is -2.65. The summed E-state index contributed by atoms with van der Waals surface area (Å²) >= 11 is 0. The van der Waals surface area contributed by atoms with E-state index in [0.717, 1.165) is 4.90 Å². The number of carboxylic acid groups (broad SMARTS) is 2. The average Bonchev–Trinajstić information content (AvgIpc) is 2.62. The Morgan fingerprint density at radius 1 is 1.44 bits per heavy atom. The van der Waals surface area contributed by atoms with Gasteiger partial charge in [-0.25, -0.2) is 9.59 Å². The smallest absolute Gasteiger partial charge is 0.355 e. The normalized spacial score (nSPS) is 27.3. The van der Waals surface area contributed by atoms with E-state index in [9.17, 15) is 19.8 Å². The maximum absolute atomic E-state index is 11.0. The molecule has 0 aromatic carbocycles. The Balaban J connectivity index is 3.05. The number of likely N-dealkylation sites (tertiary alicyclic amines) is 1. The average molecular weight is 233 g/mol. The first-order valence-electron chi connectivity index (χ1n) is 4.95. The third-order valence-corrected chi connectivity index (χ3v) is 2.92. The van der Waals surface area contributed by atoms with Crippen LogP contribution in [0, 0.1) is 0 Å². The van der Waals surface area contributed by atoms with Gasteiger partial charge in [0.15, 0.2) is 0 Å². The van der Waals surface area contributed by atoms with Gasteiger partial charge in [0.05, 0.1) is 0 Å². The third-order valence-electron chi connectivity index (χ3n) is 2.92. The molecule has 0 spiro atoms. The summed E-state index contributed by atoms with van der Waals surface area (Å²) in [4.78, 5) is 22.7. The predicted molar refractivity (Wildman–Crippen MR) is 51.6 cm³/mol. The molecule has 0 bridgehead atoms. The molecule has 1 aliphatic heterocycles. The van der Waals surface area contributed by atoms with Gasteiger partial charge in [0.25, 0.3) is 5.72 Å². The second-order valence-electron chi connectivity index (χ2n) is 3.96. The fourth-order valence-corrected chi connectivity index (χ4v) is 2.01. The van der Waals surface area contributed by atoms with Crippen molar-refractivity contribution in [2.75, 3.05) is 6.54 Å². The largest absolute Gasteiger partial charge is 0.479 e. The van der Waals surface area contributed by atoms with Gasteiger partial charge in [0.1, 0.15) is 0 Å².